The van der Waals surface area contributed by atoms with Gasteiger partial charge in [-0.3, -0.25) is 9.69 Å². The van der Waals surface area contributed by atoms with Crippen molar-refractivity contribution in [1.29, 1.82) is 0 Å². The number of nitrogens with one attached hydrogen (secondary N) is 2. The Morgan fingerprint density at radius 3 is 2.58 bits per heavy atom. The molecule has 2 unspecified atom stereocenters. The molecule has 0 bridgehead atoms. The van der Waals surface area contributed by atoms with Crippen LogP contribution in [0.4, 0.5) is 9.18 Å². The zero-order valence-electron chi connectivity index (χ0n) is 19.5. The molecule has 31 heavy (non-hydrogen) atoms. The molecule has 2 aliphatic rings. The first-order valence-electron chi connectivity index (χ1n) is 11.7. The Kier molecular flexibility index (Phi) is 11.1. The lowest BCUT2D eigenvalue weighted by Gasteiger charge is -2.37. The fourth-order valence-corrected chi connectivity index (χ4v) is 4.52. The molecule has 1 aliphatic heterocycles. The van der Waals surface area contributed by atoms with Crippen molar-refractivity contribution in [2.45, 2.75) is 51.2 Å². The van der Waals surface area contributed by atoms with Crippen molar-refractivity contribution < 1.29 is 23.5 Å². The zero-order chi connectivity index (χ0) is 22.7. The molecule has 2 fully saturated rings. The van der Waals surface area contributed by atoms with Crippen LogP contribution in [-0.2, 0) is 14.3 Å². The van der Waals surface area contributed by atoms with Crippen LogP contribution in [0.5, 0.6) is 0 Å². The molecule has 1 saturated carbocycles. The molecule has 0 aromatic rings. The topological polar surface area (TPSA) is 83.1 Å². The number of carbonyl (C=O) groups is 2. The van der Waals surface area contributed by atoms with Crippen molar-refractivity contribution in [2.24, 2.45) is 11.8 Å². The SMILES string of the molecule is CCCN(C(=O)NCCN(C)C)C(=O)C(CNCCF)CC1CCCC2(C1)OCCO2. The van der Waals surface area contributed by atoms with Crippen molar-refractivity contribution in [3.8, 4) is 0 Å². The van der Waals surface area contributed by atoms with E-state index in [0.717, 1.165) is 25.7 Å². The molecule has 0 aromatic heterocycles. The molecule has 180 valence electrons. The van der Waals surface area contributed by atoms with Crippen molar-refractivity contribution in [1.82, 2.24) is 20.4 Å². The molecule has 0 aromatic carbocycles. The van der Waals surface area contributed by atoms with Gasteiger partial charge in [-0.05, 0) is 39.3 Å². The number of urea groups is 1. The first kappa shape index (κ1) is 26.0. The molecular weight excluding hydrogens is 403 g/mol. The van der Waals surface area contributed by atoms with Gasteiger partial charge in [-0.1, -0.05) is 13.3 Å². The van der Waals surface area contributed by atoms with E-state index in [0.29, 0.717) is 52.2 Å². The summed E-state index contributed by atoms with van der Waals surface area (Å²) in [6.45, 7) is 4.80. The van der Waals surface area contributed by atoms with Crippen LogP contribution in [-0.4, -0.2) is 94.2 Å². The molecule has 9 heteroatoms. The number of nitrogens with zero attached hydrogens (tertiary/aromatic N) is 2. The van der Waals surface area contributed by atoms with Crippen LogP contribution in [0.25, 0.3) is 0 Å². The van der Waals surface area contributed by atoms with E-state index in [9.17, 15) is 14.0 Å². The smallest absolute Gasteiger partial charge is 0.324 e. The first-order chi connectivity index (χ1) is 14.9. The van der Waals surface area contributed by atoms with Gasteiger partial charge in [0.25, 0.3) is 0 Å². The summed E-state index contributed by atoms with van der Waals surface area (Å²) in [5.41, 5.74) is 0. The van der Waals surface area contributed by atoms with E-state index < -0.39 is 12.5 Å². The Hall–Kier alpha value is -1.29. The molecule has 0 radical (unpaired) electrons. The third kappa shape index (κ3) is 8.29. The summed E-state index contributed by atoms with van der Waals surface area (Å²) in [5.74, 6) is -0.814. The Balaban J connectivity index is 2.04. The van der Waals surface area contributed by atoms with Crippen LogP contribution >= 0.6 is 0 Å². The number of halogens is 1. The van der Waals surface area contributed by atoms with Gasteiger partial charge in [-0.25, -0.2) is 9.18 Å². The molecular formula is C22H41FN4O4. The van der Waals surface area contributed by atoms with Crippen LogP contribution in [0, 0.1) is 11.8 Å². The standard InChI is InChI=1S/C22H41FN4O4/c1-4-11-27(21(29)25-10-12-26(2)3)20(28)19(17-24-9-8-23)15-18-6-5-7-22(16-18)30-13-14-31-22/h18-19,24H,4-17H2,1-3H3,(H,25,29). The Labute approximate surface area is 186 Å². The lowest BCUT2D eigenvalue weighted by molar-refractivity contribution is -0.188. The quantitative estimate of drug-likeness (QED) is 0.448. The summed E-state index contributed by atoms with van der Waals surface area (Å²) < 4.78 is 24.4. The summed E-state index contributed by atoms with van der Waals surface area (Å²) in [5, 5.41) is 5.89. The van der Waals surface area contributed by atoms with Gasteiger partial charge in [-0.2, -0.15) is 0 Å². The predicted molar refractivity (Wildman–Crippen MR) is 118 cm³/mol. The molecule has 2 N–H and O–H groups in total. The number of carbonyl (C=O) groups excluding carboxylic acids is 2. The normalized spacial score (nSPS) is 21.4. The average molecular weight is 445 g/mol. The molecule has 8 nitrogen and oxygen atoms in total. The number of rotatable bonds is 12. The fourth-order valence-electron chi connectivity index (χ4n) is 4.52. The summed E-state index contributed by atoms with van der Waals surface area (Å²) in [6, 6.07) is -0.355. The van der Waals surface area contributed by atoms with E-state index in [4.69, 9.17) is 9.47 Å². The highest BCUT2D eigenvalue weighted by Gasteiger charge is 2.42. The van der Waals surface area contributed by atoms with Crippen molar-refractivity contribution >= 4 is 11.9 Å². The van der Waals surface area contributed by atoms with Gasteiger partial charge in [0.15, 0.2) is 5.79 Å². The maximum absolute atomic E-state index is 13.4. The van der Waals surface area contributed by atoms with Gasteiger partial charge in [-0.15, -0.1) is 0 Å². The zero-order valence-corrected chi connectivity index (χ0v) is 19.5. The van der Waals surface area contributed by atoms with E-state index in [2.05, 4.69) is 10.6 Å². The minimum Gasteiger partial charge on any atom is -0.348 e. The second kappa shape index (κ2) is 13.3. The molecule has 1 saturated heterocycles. The number of amides is 3. The van der Waals surface area contributed by atoms with Gasteiger partial charge < -0.3 is 25.0 Å². The lowest BCUT2D eigenvalue weighted by Crippen LogP contribution is -2.50. The largest absolute Gasteiger partial charge is 0.348 e. The summed E-state index contributed by atoms with van der Waals surface area (Å²) in [7, 11) is 3.87. The van der Waals surface area contributed by atoms with E-state index >= 15 is 0 Å². The van der Waals surface area contributed by atoms with Crippen LogP contribution in [0.1, 0.15) is 45.4 Å². The maximum atomic E-state index is 13.4. The second-order valence-corrected chi connectivity index (χ2v) is 8.92. The molecule has 3 amide bonds. The highest BCUT2D eigenvalue weighted by atomic mass is 19.1. The van der Waals surface area contributed by atoms with E-state index in [1.165, 1.54) is 4.90 Å². The maximum Gasteiger partial charge on any atom is 0.324 e. The van der Waals surface area contributed by atoms with Crippen molar-refractivity contribution in [2.75, 3.05) is 66.7 Å². The van der Waals surface area contributed by atoms with Crippen molar-refractivity contribution in [3.05, 3.63) is 0 Å². The second-order valence-electron chi connectivity index (χ2n) is 8.92. The number of likely N-dealkylation sites (N-methyl/N-ethyl adjacent to an activating group) is 1. The van der Waals surface area contributed by atoms with E-state index in [1.54, 1.807) is 0 Å². The summed E-state index contributed by atoms with van der Waals surface area (Å²) >= 11 is 0. The molecule has 2 rings (SSSR count). The van der Waals surface area contributed by atoms with Crippen molar-refractivity contribution in [3.63, 3.8) is 0 Å². The van der Waals surface area contributed by atoms with Crippen LogP contribution in [0.2, 0.25) is 0 Å². The first-order valence-corrected chi connectivity index (χ1v) is 11.7. The van der Waals surface area contributed by atoms with Gasteiger partial charge in [0.05, 0.1) is 19.1 Å². The van der Waals surface area contributed by atoms with E-state index in [1.807, 2.05) is 25.9 Å². The predicted octanol–water partition coefficient (Wildman–Crippen LogP) is 1.99. The number of imide groups is 1. The highest BCUT2D eigenvalue weighted by molar-refractivity contribution is 5.95. The summed E-state index contributed by atoms with van der Waals surface area (Å²) in [4.78, 5) is 29.5. The number of ether oxygens (including phenoxy) is 2. The third-order valence-electron chi connectivity index (χ3n) is 6.01. The molecule has 1 heterocycles. The van der Waals surface area contributed by atoms with Crippen LogP contribution in [0.15, 0.2) is 0 Å². The molecule has 1 aliphatic carbocycles. The number of alkyl halides is 1. The minimum atomic E-state index is -0.504. The Morgan fingerprint density at radius 1 is 1.19 bits per heavy atom. The third-order valence-corrected chi connectivity index (χ3v) is 6.01. The number of hydrogen-bond donors (Lipinski definition) is 2. The lowest BCUT2D eigenvalue weighted by atomic mass is 9.79. The van der Waals surface area contributed by atoms with Crippen LogP contribution < -0.4 is 10.6 Å². The Bertz CT molecular complexity index is 558. The van der Waals surface area contributed by atoms with Gasteiger partial charge in [0.2, 0.25) is 5.91 Å². The monoisotopic (exact) mass is 444 g/mol. The van der Waals surface area contributed by atoms with Crippen LogP contribution in [0.3, 0.4) is 0 Å². The van der Waals surface area contributed by atoms with Gasteiger partial charge >= 0.3 is 6.03 Å². The van der Waals surface area contributed by atoms with E-state index in [-0.39, 0.29) is 30.3 Å². The van der Waals surface area contributed by atoms with Gasteiger partial charge in [0.1, 0.15) is 6.67 Å². The number of hydrogen-bond acceptors (Lipinski definition) is 6. The average Bonchev–Trinajstić information content (AvgIpc) is 3.18. The highest BCUT2D eigenvalue weighted by Crippen LogP contribution is 2.41. The van der Waals surface area contributed by atoms with Gasteiger partial charge in [0, 0.05) is 45.6 Å². The Morgan fingerprint density at radius 2 is 1.94 bits per heavy atom. The fraction of sp³-hybridized carbons (Fsp3) is 0.909. The summed E-state index contributed by atoms with van der Waals surface area (Å²) in [6.07, 6.45) is 4.97. The molecule has 2 atom stereocenters. The minimum absolute atomic E-state index is 0.191. The molecule has 1 spiro atoms.